The van der Waals surface area contributed by atoms with Crippen LogP contribution in [-0.4, -0.2) is 29.5 Å². The molecule has 0 atom stereocenters. The molecule has 0 aliphatic rings. The third kappa shape index (κ3) is 6.07. The van der Waals surface area contributed by atoms with E-state index in [1.165, 1.54) is 5.39 Å². The SMILES string of the molecule is C=Cc1c(C(=C)c2nc(-c3ccccc3)c3sc4ccccc4c3n2)oc2ccc(-c3nc(-c4ccccc4)nc(-c4ccc5c6ccccc6n(-c6ccccc6)c5c4)n3)cc12. The Bertz CT molecular complexity index is 3780. The van der Waals surface area contributed by atoms with E-state index in [2.05, 4.69) is 121 Å². The molecule has 0 saturated heterocycles. The minimum Gasteiger partial charge on any atom is -0.455 e. The van der Waals surface area contributed by atoms with Gasteiger partial charge in [-0.15, -0.1) is 11.3 Å². The first-order valence-corrected chi connectivity index (χ1v) is 21.5. The molecule has 8 heteroatoms. The smallest absolute Gasteiger partial charge is 0.164 e. The van der Waals surface area contributed by atoms with Gasteiger partial charge in [0.25, 0.3) is 0 Å². The highest BCUT2D eigenvalue weighted by atomic mass is 32.1. The van der Waals surface area contributed by atoms with Crippen molar-refractivity contribution in [3.63, 3.8) is 0 Å². The number of thiophene rings is 1. The van der Waals surface area contributed by atoms with Crippen molar-refractivity contribution in [1.29, 1.82) is 0 Å². The van der Waals surface area contributed by atoms with Gasteiger partial charge in [0, 0.05) is 59.7 Å². The van der Waals surface area contributed by atoms with E-state index >= 15 is 0 Å². The molecule has 296 valence electrons. The Hall–Kier alpha value is -8.33. The fourth-order valence-corrected chi connectivity index (χ4v) is 9.77. The van der Waals surface area contributed by atoms with E-state index in [0.29, 0.717) is 40.2 Å². The molecular formula is C55H34N6OS. The molecular weight excluding hydrogens is 793 g/mol. The van der Waals surface area contributed by atoms with Crippen LogP contribution in [0, 0.1) is 0 Å². The van der Waals surface area contributed by atoms with Crippen molar-refractivity contribution in [2.75, 3.05) is 0 Å². The molecule has 0 fully saturated rings. The second-order valence-electron chi connectivity index (χ2n) is 15.4. The Balaban J connectivity index is 1.00. The van der Waals surface area contributed by atoms with E-state index in [0.717, 1.165) is 81.3 Å². The van der Waals surface area contributed by atoms with Crippen molar-refractivity contribution in [2.24, 2.45) is 0 Å². The summed E-state index contributed by atoms with van der Waals surface area (Å²) >= 11 is 1.70. The monoisotopic (exact) mass is 826 g/mol. The highest BCUT2D eigenvalue weighted by molar-refractivity contribution is 7.26. The molecule has 0 spiro atoms. The summed E-state index contributed by atoms with van der Waals surface area (Å²) < 4.78 is 11.1. The molecule has 12 rings (SSSR count). The average molecular weight is 827 g/mol. The molecule has 0 aliphatic carbocycles. The van der Waals surface area contributed by atoms with Crippen LogP contribution in [0.2, 0.25) is 0 Å². The van der Waals surface area contributed by atoms with Crippen molar-refractivity contribution in [2.45, 2.75) is 0 Å². The van der Waals surface area contributed by atoms with Gasteiger partial charge in [0.2, 0.25) is 0 Å². The summed E-state index contributed by atoms with van der Waals surface area (Å²) in [6.07, 6.45) is 1.81. The molecule has 5 aromatic heterocycles. The standard InChI is InChI=1S/C55H34N6OS/c1-3-39-43-31-36(28-30-46(43)62-50(39)33(2)52-56-48(34-17-7-4-8-18-34)51-49(57-52)42-24-14-16-26-47(42)63-51)54-58-53(35-19-9-5-10-20-35)59-55(60-54)37-27-29-41-40-23-13-15-25-44(40)61(45(41)32-37)38-21-11-6-12-22-38/h3-32H,1-2H2. The van der Waals surface area contributed by atoms with Gasteiger partial charge >= 0.3 is 0 Å². The van der Waals surface area contributed by atoms with Crippen molar-refractivity contribution in [3.05, 3.63) is 206 Å². The van der Waals surface area contributed by atoms with Crippen LogP contribution in [0.25, 0.3) is 116 Å². The zero-order chi connectivity index (χ0) is 42.0. The number of rotatable bonds is 8. The summed E-state index contributed by atoms with van der Waals surface area (Å²) in [6.45, 7) is 8.77. The Labute approximate surface area is 365 Å². The maximum absolute atomic E-state index is 6.62. The van der Waals surface area contributed by atoms with E-state index in [-0.39, 0.29) is 0 Å². The molecule has 0 N–H and O–H groups in total. The van der Waals surface area contributed by atoms with Crippen molar-refractivity contribution < 1.29 is 4.42 Å². The Morgan fingerprint density at radius 3 is 1.87 bits per heavy atom. The zero-order valence-electron chi connectivity index (χ0n) is 33.7. The van der Waals surface area contributed by atoms with Gasteiger partial charge in [0.15, 0.2) is 23.3 Å². The minimum absolute atomic E-state index is 0.491. The predicted molar refractivity (Wildman–Crippen MR) is 259 cm³/mol. The number of furan rings is 1. The van der Waals surface area contributed by atoms with Crippen molar-refractivity contribution in [1.82, 2.24) is 29.5 Å². The van der Waals surface area contributed by atoms with Crippen LogP contribution in [0.5, 0.6) is 0 Å². The molecule has 0 saturated carbocycles. The first-order valence-electron chi connectivity index (χ1n) is 20.6. The molecule has 63 heavy (non-hydrogen) atoms. The fourth-order valence-electron chi connectivity index (χ4n) is 8.62. The molecule has 12 aromatic rings. The average Bonchev–Trinajstić information content (AvgIpc) is 4.03. The first-order chi connectivity index (χ1) is 31.1. The lowest BCUT2D eigenvalue weighted by molar-refractivity contribution is 0.599. The van der Waals surface area contributed by atoms with Crippen LogP contribution >= 0.6 is 11.3 Å². The second kappa shape index (κ2) is 14.7. The van der Waals surface area contributed by atoms with Crippen molar-refractivity contribution >= 4 is 76.1 Å². The third-order valence-corrected chi connectivity index (χ3v) is 12.8. The van der Waals surface area contributed by atoms with E-state index in [1.54, 1.807) is 11.3 Å². The van der Waals surface area contributed by atoms with Gasteiger partial charge in [0.1, 0.15) is 11.3 Å². The highest BCUT2D eigenvalue weighted by Crippen LogP contribution is 2.41. The second-order valence-corrected chi connectivity index (χ2v) is 16.4. The Morgan fingerprint density at radius 1 is 0.524 bits per heavy atom. The summed E-state index contributed by atoms with van der Waals surface area (Å²) in [5, 5.41) is 4.26. The van der Waals surface area contributed by atoms with Crippen LogP contribution in [0.3, 0.4) is 0 Å². The molecule has 0 amide bonds. The van der Waals surface area contributed by atoms with Crippen LogP contribution in [0.4, 0.5) is 0 Å². The van der Waals surface area contributed by atoms with Crippen LogP contribution in [0.1, 0.15) is 17.1 Å². The number of hydrogen-bond donors (Lipinski definition) is 0. The van der Waals surface area contributed by atoms with E-state index in [9.17, 15) is 0 Å². The van der Waals surface area contributed by atoms with Crippen LogP contribution in [-0.2, 0) is 0 Å². The summed E-state index contributed by atoms with van der Waals surface area (Å²) in [6, 6.07) is 60.0. The Morgan fingerprint density at radius 2 is 1.13 bits per heavy atom. The van der Waals surface area contributed by atoms with Crippen LogP contribution < -0.4 is 0 Å². The van der Waals surface area contributed by atoms with Gasteiger partial charge < -0.3 is 8.98 Å². The molecule has 7 nitrogen and oxygen atoms in total. The summed E-state index contributed by atoms with van der Waals surface area (Å²) in [5.74, 6) is 2.72. The summed E-state index contributed by atoms with van der Waals surface area (Å²) in [4.78, 5) is 25.7. The maximum atomic E-state index is 6.62. The van der Waals surface area contributed by atoms with E-state index < -0.39 is 0 Å². The summed E-state index contributed by atoms with van der Waals surface area (Å²) in [5.41, 5.74) is 10.6. The number of hydrogen-bond acceptors (Lipinski definition) is 7. The number of benzene rings is 7. The normalized spacial score (nSPS) is 11.6. The van der Waals surface area contributed by atoms with Crippen LogP contribution in [0.15, 0.2) is 193 Å². The maximum Gasteiger partial charge on any atom is 0.164 e. The predicted octanol–water partition coefficient (Wildman–Crippen LogP) is 14.2. The molecule has 5 heterocycles. The van der Waals surface area contributed by atoms with Gasteiger partial charge in [-0.3, -0.25) is 0 Å². The largest absolute Gasteiger partial charge is 0.455 e. The fraction of sp³-hybridized carbons (Fsp3) is 0. The first kappa shape index (κ1) is 36.5. The molecule has 0 aliphatic heterocycles. The minimum atomic E-state index is 0.491. The summed E-state index contributed by atoms with van der Waals surface area (Å²) in [7, 11) is 0. The van der Waals surface area contributed by atoms with E-state index in [1.807, 2.05) is 78.9 Å². The molecule has 0 bridgehead atoms. The number of nitrogens with zero attached hydrogens (tertiary/aromatic N) is 6. The lowest BCUT2D eigenvalue weighted by atomic mass is 10.0. The molecule has 0 radical (unpaired) electrons. The number of fused-ring (bicyclic) bond motifs is 7. The molecule has 7 aromatic carbocycles. The lowest BCUT2D eigenvalue weighted by Crippen LogP contribution is -2.00. The zero-order valence-corrected chi connectivity index (χ0v) is 34.6. The number of para-hydroxylation sites is 2. The number of aromatic nitrogens is 6. The van der Waals surface area contributed by atoms with Gasteiger partial charge in [-0.25, -0.2) is 24.9 Å². The lowest BCUT2D eigenvalue weighted by Gasteiger charge is -2.10. The van der Waals surface area contributed by atoms with Gasteiger partial charge in [-0.2, -0.15) is 0 Å². The topological polar surface area (TPSA) is 82.5 Å². The Kier molecular flexibility index (Phi) is 8.52. The van der Waals surface area contributed by atoms with Crippen molar-refractivity contribution in [3.8, 4) is 51.1 Å². The van der Waals surface area contributed by atoms with Gasteiger partial charge in [-0.05, 0) is 48.5 Å². The third-order valence-electron chi connectivity index (χ3n) is 11.6. The molecule has 0 unspecified atom stereocenters. The van der Waals surface area contributed by atoms with E-state index in [4.69, 9.17) is 29.3 Å². The quantitative estimate of drug-likeness (QED) is 0.152. The highest BCUT2D eigenvalue weighted by Gasteiger charge is 2.23. The van der Waals surface area contributed by atoms with Gasteiger partial charge in [0.05, 0.1) is 32.5 Å². The van der Waals surface area contributed by atoms with Gasteiger partial charge in [-0.1, -0.05) is 147 Å².